The van der Waals surface area contributed by atoms with Crippen molar-refractivity contribution >= 4 is 22.9 Å². The molecule has 8 heteroatoms. The minimum absolute atomic E-state index is 0.131. The summed E-state index contributed by atoms with van der Waals surface area (Å²) in [6.07, 6.45) is 0. The first-order valence-electron chi connectivity index (χ1n) is 9.96. The Balaban J connectivity index is 1.54. The fraction of sp³-hybridized carbons (Fsp3) is 0.364. The van der Waals surface area contributed by atoms with Crippen molar-refractivity contribution in [2.45, 2.75) is 26.7 Å². The molecule has 1 aliphatic heterocycles. The molecule has 0 unspecified atom stereocenters. The van der Waals surface area contributed by atoms with E-state index in [2.05, 4.69) is 10.1 Å². The van der Waals surface area contributed by atoms with Crippen LogP contribution in [0.15, 0.2) is 34.9 Å². The molecule has 1 aromatic carbocycles. The molecular formula is C22H23FN4O3. The Kier molecular flexibility index (Phi) is 5.24. The highest BCUT2D eigenvalue weighted by atomic mass is 19.1. The van der Waals surface area contributed by atoms with E-state index in [1.54, 1.807) is 22.8 Å². The minimum Gasteiger partial charge on any atom is -0.336 e. The average molecular weight is 410 g/mol. The molecule has 30 heavy (non-hydrogen) atoms. The van der Waals surface area contributed by atoms with Crippen molar-refractivity contribution in [3.8, 4) is 0 Å². The highest BCUT2D eigenvalue weighted by Crippen LogP contribution is 2.26. The topological polar surface area (TPSA) is 79.5 Å². The van der Waals surface area contributed by atoms with Crippen molar-refractivity contribution < 1.29 is 18.5 Å². The maximum Gasteiger partial charge on any atom is 0.259 e. The maximum atomic E-state index is 13.4. The largest absolute Gasteiger partial charge is 0.336 e. The molecule has 0 bridgehead atoms. The van der Waals surface area contributed by atoms with Crippen LogP contribution < -0.4 is 0 Å². The van der Waals surface area contributed by atoms with Crippen LogP contribution in [-0.4, -0.2) is 57.9 Å². The van der Waals surface area contributed by atoms with Gasteiger partial charge in [-0.05, 0) is 37.1 Å². The van der Waals surface area contributed by atoms with E-state index in [1.807, 2.05) is 19.9 Å². The highest BCUT2D eigenvalue weighted by molar-refractivity contribution is 6.06. The fourth-order valence-electron chi connectivity index (χ4n) is 3.67. The van der Waals surface area contributed by atoms with Crippen LogP contribution in [0.25, 0.3) is 11.1 Å². The van der Waals surface area contributed by atoms with Gasteiger partial charge < -0.3 is 14.3 Å². The zero-order valence-electron chi connectivity index (χ0n) is 17.2. The number of aromatic nitrogens is 2. The standard InChI is InChI=1S/C22H23FN4O3/c1-13(2)18-12-17(19-14(3)25-30-20(19)24-18)22(29)27-9-7-26(8-10-27)21(28)15-5-4-6-16(23)11-15/h4-6,11-13H,7-10H2,1-3H3. The minimum atomic E-state index is -0.443. The second kappa shape index (κ2) is 7.85. The van der Waals surface area contributed by atoms with Gasteiger partial charge in [-0.2, -0.15) is 0 Å². The molecular weight excluding hydrogens is 387 g/mol. The summed E-state index contributed by atoms with van der Waals surface area (Å²) >= 11 is 0. The lowest BCUT2D eigenvalue weighted by molar-refractivity contribution is 0.0536. The highest BCUT2D eigenvalue weighted by Gasteiger charge is 2.28. The molecule has 4 rings (SSSR count). The molecule has 156 valence electrons. The van der Waals surface area contributed by atoms with Crippen LogP contribution in [-0.2, 0) is 0 Å². The van der Waals surface area contributed by atoms with Gasteiger partial charge in [-0.1, -0.05) is 25.1 Å². The zero-order chi connectivity index (χ0) is 21.4. The van der Waals surface area contributed by atoms with E-state index in [0.717, 1.165) is 5.69 Å². The first-order valence-corrected chi connectivity index (χ1v) is 9.96. The lowest BCUT2D eigenvalue weighted by atomic mass is 10.0. The van der Waals surface area contributed by atoms with Crippen LogP contribution >= 0.6 is 0 Å². The van der Waals surface area contributed by atoms with Crippen LogP contribution in [0.2, 0.25) is 0 Å². The number of carbonyl (C=O) groups excluding carboxylic acids is 2. The van der Waals surface area contributed by atoms with Crippen molar-refractivity contribution in [3.05, 3.63) is 58.7 Å². The molecule has 1 aliphatic rings. The molecule has 2 aromatic heterocycles. The Hall–Kier alpha value is -3.29. The van der Waals surface area contributed by atoms with Gasteiger partial charge in [-0.25, -0.2) is 9.37 Å². The fourth-order valence-corrected chi connectivity index (χ4v) is 3.67. The summed E-state index contributed by atoms with van der Waals surface area (Å²) in [5, 5.41) is 4.60. The van der Waals surface area contributed by atoms with Gasteiger partial charge in [0.25, 0.3) is 17.5 Å². The van der Waals surface area contributed by atoms with E-state index in [4.69, 9.17) is 4.52 Å². The van der Waals surface area contributed by atoms with Gasteiger partial charge in [0.2, 0.25) is 0 Å². The third-order valence-electron chi connectivity index (χ3n) is 5.38. The van der Waals surface area contributed by atoms with E-state index in [1.165, 1.54) is 18.2 Å². The number of hydrogen-bond donors (Lipinski definition) is 0. The molecule has 1 saturated heterocycles. The third-order valence-corrected chi connectivity index (χ3v) is 5.38. The Morgan fingerprint density at radius 2 is 1.73 bits per heavy atom. The Bertz CT molecular complexity index is 1120. The summed E-state index contributed by atoms with van der Waals surface area (Å²) in [6, 6.07) is 7.46. The first kappa shape index (κ1) is 20.0. The van der Waals surface area contributed by atoms with Crippen molar-refractivity contribution in [3.63, 3.8) is 0 Å². The van der Waals surface area contributed by atoms with Gasteiger partial charge in [-0.15, -0.1) is 0 Å². The van der Waals surface area contributed by atoms with Crippen LogP contribution in [0.3, 0.4) is 0 Å². The van der Waals surface area contributed by atoms with Gasteiger partial charge in [0, 0.05) is 37.4 Å². The summed E-state index contributed by atoms with van der Waals surface area (Å²) in [5.74, 6) is -0.674. The lowest BCUT2D eigenvalue weighted by Crippen LogP contribution is -2.50. The monoisotopic (exact) mass is 410 g/mol. The van der Waals surface area contributed by atoms with Gasteiger partial charge in [0.15, 0.2) is 0 Å². The van der Waals surface area contributed by atoms with E-state index >= 15 is 0 Å². The van der Waals surface area contributed by atoms with Gasteiger partial charge in [0.05, 0.1) is 16.6 Å². The molecule has 0 radical (unpaired) electrons. The van der Waals surface area contributed by atoms with Crippen LogP contribution in [0.5, 0.6) is 0 Å². The van der Waals surface area contributed by atoms with E-state index in [-0.39, 0.29) is 17.7 Å². The van der Waals surface area contributed by atoms with Gasteiger partial charge in [-0.3, -0.25) is 9.59 Å². The molecule has 1 fully saturated rings. The van der Waals surface area contributed by atoms with Crippen LogP contribution in [0.1, 0.15) is 51.9 Å². The number of carbonyl (C=O) groups is 2. The Labute approximate surface area is 173 Å². The number of amides is 2. The van der Waals surface area contributed by atoms with Crippen LogP contribution in [0.4, 0.5) is 4.39 Å². The molecule has 0 atom stereocenters. The summed E-state index contributed by atoms with van der Waals surface area (Å²) in [7, 11) is 0. The summed E-state index contributed by atoms with van der Waals surface area (Å²) in [4.78, 5) is 33.8. The smallest absolute Gasteiger partial charge is 0.259 e. The SMILES string of the molecule is Cc1noc2nc(C(C)C)cc(C(=O)N3CCN(C(=O)c4cccc(F)c4)CC3)c12. The Morgan fingerprint density at radius 3 is 2.37 bits per heavy atom. The molecule has 0 saturated carbocycles. The molecule has 2 amide bonds. The number of fused-ring (bicyclic) bond motifs is 1. The first-order chi connectivity index (χ1) is 14.3. The number of hydrogen-bond acceptors (Lipinski definition) is 5. The molecule has 3 heterocycles. The third kappa shape index (κ3) is 3.65. The normalized spacial score (nSPS) is 14.6. The summed E-state index contributed by atoms with van der Waals surface area (Å²) in [5.41, 5.74) is 2.58. The van der Waals surface area contributed by atoms with Gasteiger partial charge in [0.1, 0.15) is 5.82 Å². The number of piperazine rings is 1. The van der Waals surface area contributed by atoms with Gasteiger partial charge >= 0.3 is 0 Å². The van der Waals surface area contributed by atoms with Crippen molar-refractivity contribution in [2.75, 3.05) is 26.2 Å². The number of aryl methyl sites for hydroxylation is 1. The maximum absolute atomic E-state index is 13.4. The molecule has 0 N–H and O–H groups in total. The Morgan fingerprint density at radius 1 is 1.07 bits per heavy atom. The predicted molar refractivity (Wildman–Crippen MR) is 109 cm³/mol. The molecule has 0 spiro atoms. The second-order valence-corrected chi connectivity index (χ2v) is 7.79. The predicted octanol–water partition coefficient (Wildman–Crippen LogP) is 3.39. The number of pyridine rings is 1. The molecule has 3 aromatic rings. The summed E-state index contributed by atoms with van der Waals surface area (Å²) < 4.78 is 18.7. The summed E-state index contributed by atoms with van der Waals surface area (Å²) in [6.45, 7) is 7.35. The van der Waals surface area contributed by atoms with E-state index in [0.29, 0.717) is 54.1 Å². The average Bonchev–Trinajstić information content (AvgIpc) is 3.13. The zero-order valence-corrected chi connectivity index (χ0v) is 17.2. The van der Waals surface area contributed by atoms with E-state index in [9.17, 15) is 14.0 Å². The van der Waals surface area contributed by atoms with E-state index < -0.39 is 5.82 Å². The molecule has 0 aliphatic carbocycles. The lowest BCUT2D eigenvalue weighted by Gasteiger charge is -2.35. The number of nitrogens with zero attached hydrogens (tertiary/aromatic N) is 4. The number of rotatable bonds is 3. The van der Waals surface area contributed by atoms with Crippen molar-refractivity contribution in [2.24, 2.45) is 0 Å². The quantitative estimate of drug-likeness (QED) is 0.661. The van der Waals surface area contributed by atoms with Crippen molar-refractivity contribution in [1.29, 1.82) is 0 Å². The number of benzene rings is 1. The second-order valence-electron chi connectivity index (χ2n) is 7.79. The molecule has 7 nitrogen and oxygen atoms in total. The van der Waals surface area contributed by atoms with Crippen molar-refractivity contribution in [1.82, 2.24) is 19.9 Å². The number of halogens is 1. The van der Waals surface area contributed by atoms with Crippen LogP contribution in [0, 0.1) is 12.7 Å².